The molecule has 2 atom stereocenters. The van der Waals surface area contributed by atoms with E-state index < -0.39 is 0 Å². The third kappa shape index (κ3) is 1.94. The molecular formula is C13H24N2. The molecule has 2 heteroatoms. The lowest BCUT2D eigenvalue weighted by atomic mass is 9.97. The molecule has 0 spiro atoms. The van der Waals surface area contributed by atoms with Gasteiger partial charge in [-0.2, -0.15) is 0 Å². The van der Waals surface area contributed by atoms with Crippen LogP contribution in [0.15, 0.2) is 0 Å². The molecule has 3 aliphatic rings. The molecule has 3 rings (SSSR count). The highest BCUT2D eigenvalue weighted by molar-refractivity contribution is 4.96. The van der Waals surface area contributed by atoms with Crippen LogP contribution >= 0.6 is 0 Å². The van der Waals surface area contributed by atoms with E-state index >= 15 is 0 Å². The van der Waals surface area contributed by atoms with Gasteiger partial charge in [0.2, 0.25) is 0 Å². The molecule has 2 aliphatic heterocycles. The molecule has 1 N–H and O–H groups in total. The average Bonchev–Trinajstić information content (AvgIpc) is 2.87. The molecule has 1 aliphatic carbocycles. The number of nitrogens with zero attached hydrogens (tertiary/aromatic N) is 1. The number of piperidine rings is 1. The van der Waals surface area contributed by atoms with E-state index in [1.165, 1.54) is 51.4 Å². The zero-order chi connectivity index (χ0) is 10.3. The highest BCUT2D eigenvalue weighted by Gasteiger charge is 2.37. The summed E-state index contributed by atoms with van der Waals surface area (Å²) in [5, 5.41) is 3.74. The zero-order valence-corrected chi connectivity index (χ0v) is 9.91. The maximum Gasteiger partial charge on any atom is 0.0125 e. The van der Waals surface area contributed by atoms with Gasteiger partial charge in [0.1, 0.15) is 0 Å². The molecule has 2 heterocycles. The fourth-order valence-corrected chi connectivity index (χ4v) is 3.97. The average molecular weight is 208 g/mol. The van der Waals surface area contributed by atoms with Gasteiger partial charge in [0.25, 0.3) is 0 Å². The van der Waals surface area contributed by atoms with Gasteiger partial charge < -0.3 is 10.2 Å². The Kier molecular flexibility index (Phi) is 2.73. The van der Waals surface area contributed by atoms with Crippen LogP contribution in [-0.4, -0.2) is 36.1 Å². The maximum atomic E-state index is 3.74. The van der Waals surface area contributed by atoms with E-state index in [1.54, 1.807) is 0 Å². The summed E-state index contributed by atoms with van der Waals surface area (Å²) >= 11 is 0. The van der Waals surface area contributed by atoms with Crippen LogP contribution in [0.25, 0.3) is 0 Å². The van der Waals surface area contributed by atoms with E-state index in [1.807, 2.05) is 0 Å². The minimum Gasteiger partial charge on any atom is -0.311 e. The fourth-order valence-electron chi connectivity index (χ4n) is 3.97. The highest BCUT2D eigenvalue weighted by Crippen LogP contribution is 2.32. The Labute approximate surface area is 93.4 Å². The lowest BCUT2D eigenvalue weighted by Gasteiger charge is -2.38. The van der Waals surface area contributed by atoms with Gasteiger partial charge >= 0.3 is 0 Å². The standard InChI is InChI=1S/C13H24N2/c1-15(12-4-2-3-5-12)13-8-10-6-7-11(9-13)14-10/h10-14H,2-9H2,1H3. The van der Waals surface area contributed by atoms with Crippen molar-refractivity contribution in [3.05, 3.63) is 0 Å². The van der Waals surface area contributed by atoms with E-state index in [4.69, 9.17) is 0 Å². The van der Waals surface area contributed by atoms with Crippen molar-refractivity contribution in [1.29, 1.82) is 0 Å². The third-order valence-electron chi connectivity index (χ3n) is 4.92. The molecule has 3 fully saturated rings. The van der Waals surface area contributed by atoms with Crippen LogP contribution in [0.4, 0.5) is 0 Å². The highest BCUT2D eigenvalue weighted by atomic mass is 15.2. The Morgan fingerprint density at radius 3 is 2.07 bits per heavy atom. The summed E-state index contributed by atoms with van der Waals surface area (Å²) in [4.78, 5) is 2.72. The van der Waals surface area contributed by atoms with Gasteiger partial charge in [-0.3, -0.25) is 0 Å². The Balaban J connectivity index is 1.61. The normalized spacial score (nSPS) is 41.6. The van der Waals surface area contributed by atoms with Crippen LogP contribution in [-0.2, 0) is 0 Å². The Hall–Kier alpha value is -0.0800. The number of fused-ring (bicyclic) bond motifs is 2. The van der Waals surface area contributed by atoms with Crippen LogP contribution in [0.3, 0.4) is 0 Å². The summed E-state index contributed by atoms with van der Waals surface area (Å²) in [6.07, 6.45) is 11.5. The van der Waals surface area contributed by atoms with Gasteiger partial charge in [-0.25, -0.2) is 0 Å². The maximum absolute atomic E-state index is 3.74. The number of rotatable bonds is 2. The molecule has 2 unspecified atom stereocenters. The summed E-state index contributed by atoms with van der Waals surface area (Å²) in [7, 11) is 2.38. The van der Waals surface area contributed by atoms with Crippen LogP contribution in [0.5, 0.6) is 0 Å². The second kappa shape index (κ2) is 4.06. The molecular weight excluding hydrogens is 184 g/mol. The molecule has 2 nitrogen and oxygen atoms in total. The first-order valence-corrected chi connectivity index (χ1v) is 6.81. The Bertz CT molecular complexity index is 211. The van der Waals surface area contributed by atoms with E-state index in [0.717, 1.165) is 24.2 Å². The molecule has 1 saturated carbocycles. The zero-order valence-electron chi connectivity index (χ0n) is 9.91. The smallest absolute Gasteiger partial charge is 0.0125 e. The first-order valence-electron chi connectivity index (χ1n) is 6.81. The molecule has 0 aromatic carbocycles. The van der Waals surface area contributed by atoms with Crippen molar-refractivity contribution in [3.8, 4) is 0 Å². The first-order chi connectivity index (χ1) is 7.33. The van der Waals surface area contributed by atoms with Crippen molar-refractivity contribution in [2.75, 3.05) is 7.05 Å². The lowest BCUT2D eigenvalue weighted by molar-refractivity contribution is 0.126. The molecule has 86 valence electrons. The molecule has 0 aromatic rings. The Morgan fingerprint density at radius 1 is 0.867 bits per heavy atom. The second-order valence-electron chi connectivity index (χ2n) is 5.87. The minimum absolute atomic E-state index is 0.845. The van der Waals surface area contributed by atoms with Crippen molar-refractivity contribution >= 4 is 0 Å². The SMILES string of the molecule is CN(C1CCCC1)C1CC2CCC(C1)N2. The van der Waals surface area contributed by atoms with Crippen molar-refractivity contribution in [2.45, 2.75) is 75.5 Å². The molecule has 2 saturated heterocycles. The molecule has 15 heavy (non-hydrogen) atoms. The third-order valence-corrected chi connectivity index (χ3v) is 4.92. The number of hydrogen-bond donors (Lipinski definition) is 1. The van der Waals surface area contributed by atoms with Gasteiger partial charge in [0.05, 0.1) is 0 Å². The van der Waals surface area contributed by atoms with Crippen molar-refractivity contribution < 1.29 is 0 Å². The lowest BCUT2D eigenvalue weighted by Crippen LogP contribution is -2.49. The van der Waals surface area contributed by atoms with Gasteiger partial charge in [-0.1, -0.05) is 12.8 Å². The largest absolute Gasteiger partial charge is 0.311 e. The van der Waals surface area contributed by atoms with E-state index in [0.29, 0.717) is 0 Å². The van der Waals surface area contributed by atoms with Crippen molar-refractivity contribution in [2.24, 2.45) is 0 Å². The van der Waals surface area contributed by atoms with Crippen LogP contribution in [0.1, 0.15) is 51.4 Å². The van der Waals surface area contributed by atoms with E-state index in [9.17, 15) is 0 Å². The van der Waals surface area contributed by atoms with Gasteiger partial charge in [0.15, 0.2) is 0 Å². The number of hydrogen-bond acceptors (Lipinski definition) is 2. The van der Waals surface area contributed by atoms with E-state index in [-0.39, 0.29) is 0 Å². The molecule has 0 aromatic heterocycles. The fraction of sp³-hybridized carbons (Fsp3) is 1.00. The predicted octanol–water partition coefficient (Wildman–Crippen LogP) is 2.14. The topological polar surface area (TPSA) is 15.3 Å². The van der Waals surface area contributed by atoms with Crippen molar-refractivity contribution in [1.82, 2.24) is 10.2 Å². The molecule has 0 amide bonds. The number of nitrogens with one attached hydrogen (secondary N) is 1. The summed E-state index contributed by atoms with van der Waals surface area (Å²) in [5.41, 5.74) is 0. The van der Waals surface area contributed by atoms with E-state index in [2.05, 4.69) is 17.3 Å². The second-order valence-corrected chi connectivity index (χ2v) is 5.87. The minimum atomic E-state index is 0.845. The van der Waals surface area contributed by atoms with Gasteiger partial charge in [-0.05, 0) is 45.6 Å². The monoisotopic (exact) mass is 208 g/mol. The first kappa shape index (κ1) is 10.1. The summed E-state index contributed by atoms with van der Waals surface area (Å²) in [6.45, 7) is 0. The van der Waals surface area contributed by atoms with Crippen molar-refractivity contribution in [3.63, 3.8) is 0 Å². The molecule has 2 bridgehead atoms. The quantitative estimate of drug-likeness (QED) is 0.748. The van der Waals surface area contributed by atoms with Crippen LogP contribution < -0.4 is 5.32 Å². The van der Waals surface area contributed by atoms with Crippen LogP contribution in [0, 0.1) is 0 Å². The summed E-state index contributed by atoms with van der Waals surface area (Å²) < 4.78 is 0. The van der Waals surface area contributed by atoms with Crippen LogP contribution in [0.2, 0.25) is 0 Å². The van der Waals surface area contributed by atoms with Gasteiger partial charge in [0, 0.05) is 24.2 Å². The summed E-state index contributed by atoms with van der Waals surface area (Å²) in [5.74, 6) is 0. The Morgan fingerprint density at radius 2 is 1.47 bits per heavy atom. The summed E-state index contributed by atoms with van der Waals surface area (Å²) in [6, 6.07) is 3.48. The predicted molar refractivity (Wildman–Crippen MR) is 63.0 cm³/mol. The molecule has 0 radical (unpaired) electrons. The van der Waals surface area contributed by atoms with Gasteiger partial charge in [-0.15, -0.1) is 0 Å².